The first kappa shape index (κ1) is 22.9. The van der Waals surface area contributed by atoms with Gasteiger partial charge in [-0.15, -0.1) is 10.2 Å². The van der Waals surface area contributed by atoms with Crippen LogP contribution in [0.3, 0.4) is 0 Å². The summed E-state index contributed by atoms with van der Waals surface area (Å²) >= 11 is 7.71. The number of carbonyl (C=O) groups is 1. The van der Waals surface area contributed by atoms with Crippen molar-refractivity contribution in [2.24, 2.45) is 0 Å². The molecule has 32 heavy (non-hydrogen) atoms. The van der Waals surface area contributed by atoms with E-state index in [0.29, 0.717) is 15.9 Å². The Kier molecular flexibility index (Phi) is 6.91. The number of benzene rings is 2. The molecule has 0 radical (unpaired) electrons. The second-order valence-corrected chi connectivity index (χ2v) is 10.0. The van der Waals surface area contributed by atoms with E-state index in [9.17, 15) is 4.79 Å². The third-order valence-corrected chi connectivity index (χ3v) is 7.28. The summed E-state index contributed by atoms with van der Waals surface area (Å²) in [5, 5.41) is 10.3. The zero-order chi connectivity index (χ0) is 22.8. The van der Waals surface area contributed by atoms with Gasteiger partial charge in [0.1, 0.15) is 0 Å². The number of carbonyl (C=O) groups excluding carboxylic acids is 1. The first-order chi connectivity index (χ1) is 15.3. The van der Waals surface area contributed by atoms with E-state index in [4.69, 9.17) is 11.6 Å². The molecule has 1 fully saturated rings. The van der Waals surface area contributed by atoms with E-state index < -0.39 is 0 Å². The van der Waals surface area contributed by atoms with Crippen molar-refractivity contribution in [1.29, 1.82) is 0 Å². The van der Waals surface area contributed by atoms with Crippen molar-refractivity contribution >= 4 is 29.3 Å². The SMILES string of the molecule is Cc1ccc(C)c(-n2c(SCC(=O)N3C(C)CCCC3C)nnc2-c2cccc(Cl)c2)c1. The van der Waals surface area contributed by atoms with Crippen LogP contribution in [0.15, 0.2) is 47.6 Å². The zero-order valence-corrected chi connectivity index (χ0v) is 20.6. The van der Waals surface area contributed by atoms with Gasteiger partial charge in [0, 0.05) is 22.7 Å². The predicted molar refractivity (Wildman–Crippen MR) is 132 cm³/mol. The standard InChI is InChI=1S/C25H29ClN4OS/c1-16-11-12-17(2)22(13-16)30-24(20-9-6-10-21(26)14-20)27-28-25(30)32-15-23(31)29-18(3)7-5-8-19(29)4/h6,9-14,18-19H,5,7-8,15H2,1-4H3. The lowest BCUT2D eigenvalue weighted by Crippen LogP contribution is -2.48. The number of hydrogen-bond donors (Lipinski definition) is 0. The fraction of sp³-hybridized carbons (Fsp3) is 0.400. The summed E-state index contributed by atoms with van der Waals surface area (Å²) in [5.41, 5.74) is 4.17. The summed E-state index contributed by atoms with van der Waals surface area (Å²) in [7, 11) is 0. The Balaban J connectivity index is 1.69. The Labute approximate surface area is 199 Å². The number of aryl methyl sites for hydroxylation is 2. The van der Waals surface area contributed by atoms with Gasteiger partial charge in [-0.1, -0.05) is 47.6 Å². The molecule has 1 aliphatic heterocycles. The number of thioether (sulfide) groups is 1. The average molecular weight is 469 g/mol. The van der Waals surface area contributed by atoms with Crippen molar-refractivity contribution in [1.82, 2.24) is 19.7 Å². The molecule has 4 rings (SSSR count). The summed E-state index contributed by atoms with van der Waals surface area (Å²) in [4.78, 5) is 15.2. The van der Waals surface area contributed by atoms with Crippen LogP contribution in [-0.4, -0.2) is 43.4 Å². The fourth-order valence-electron chi connectivity index (χ4n) is 4.47. The van der Waals surface area contributed by atoms with Crippen LogP contribution in [-0.2, 0) is 4.79 Å². The molecule has 0 aliphatic carbocycles. The van der Waals surface area contributed by atoms with Crippen molar-refractivity contribution in [3.63, 3.8) is 0 Å². The number of hydrogen-bond acceptors (Lipinski definition) is 4. The van der Waals surface area contributed by atoms with Gasteiger partial charge in [0.2, 0.25) is 5.91 Å². The van der Waals surface area contributed by atoms with Crippen LogP contribution in [0, 0.1) is 13.8 Å². The van der Waals surface area contributed by atoms with Crippen LogP contribution in [0.5, 0.6) is 0 Å². The zero-order valence-electron chi connectivity index (χ0n) is 19.0. The number of piperidine rings is 1. The molecular formula is C25H29ClN4OS. The lowest BCUT2D eigenvalue weighted by Gasteiger charge is -2.39. The Morgan fingerprint density at radius 2 is 1.84 bits per heavy atom. The van der Waals surface area contributed by atoms with Gasteiger partial charge in [-0.2, -0.15) is 0 Å². The lowest BCUT2D eigenvalue weighted by molar-refractivity contribution is -0.134. The highest BCUT2D eigenvalue weighted by atomic mass is 35.5. The molecule has 168 valence electrons. The molecule has 1 saturated heterocycles. The molecular weight excluding hydrogens is 440 g/mol. The second kappa shape index (κ2) is 9.67. The third-order valence-electron chi connectivity index (χ3n) is 6.13. The van der Waals surface area contributed by atoms with E-state index >= 15 is 0 Å². The third kappa shape index (κ3) is 4.71. The van der Waals surface area contributed by atoms with Gasteiger partial charge in [-0.05, 0) is 76.3 Å². The maximum atomic E-state index is 13.1. The molecule has 0 bridgehead atoms. The molecule has 1 amide bonds. The molecule has 2 aromatic carbocycles. The van der Waals surface area contributed by atoms with E-state index in [-0.39, 0.29) is 18.0 Å². The first-order valence-corrected chi connectivity index (χ1v) is 12.4. The number of amides is 1. The van der Waals surface area contributed by atoms with Crippen LogP contribution in [0.1, 0.15) is 44.2 Å². The Morgan fingerprint density at radius 3 is 2.56 bits per heavy atom. The van der Waals surface area contributed by atoms with E-state index in [0.717, 1.165) is 41.0 Å². The molecule has 0 spiro atoms. The molecule has 2 heterocycles. The number of nitrogens with zero attached hydrogens (tertiary/aromatic N) is 4. The average Bonchev–Trinajstić information content (AvgIpc) is 3.17. The van der Waals surface area contributed by atoms with Crippen molar-refractivity contribution in [2.45, 2.75) is 64.2 Å². The van der Waals surface area contributed by atoms with Crippen LogP contribution < -0.4 is 0 Å². The van der Waals surface area contributed by atoms with Crippen LogP contribution in [0.25, 0.3) is 17.1 Å². The molecule has 3 aromatic rings. The molecule has 0 saturated carbocycles. The maximum Gasteiger partial charge on any atom is 0.233 e. The van der Waals surface area contributed by atoms with Crippen molar-refractivity contribution < 1.29 is 4.79 Å². The van der Waals surface area contributed by atoms with E-state index in [1.165, 1.54) is 18.2 Å². The first-order valence-electron chi connectivity index (χ1n) is 11.1. The summed E-state index contributed by atoms with van der Waals surface area (Å²) in [6.45, 7) is 8.44. The Morgan fingerprint density at radius 1 is 1.09 bits per heavy atom. The molecule has 7 heteroatoms. The number of aromatic nitrogens is 3. The van der Waals surface area contributed by atoms with Gasteiger partial charge in [0.25, 0.3) is 0 Å². The highest BCUT2D eigenvalue weighted by Crippen LogP contribution is 2.32. The van der Waals surface area contributed by atoms with Crippen molar-refractivity contribution in [2.75, 3.05) is 5.75 Å². The molecule has 1 aromatic heterocycles. The van der Waals surface area contributed by atoms with Gasteiger partial charge in [-0.25, -0.2) is 0 Å². The summed E-state index contributed by atoms with van der Waals surface area (Å²) in [6, 6.07) is 14.5. The topological polar surface area (TPSA) is 51.0 Å². The molecule has 1 aliphatic rings. The number of halogens is 1. The van der Waals surface area contributed by atoms with Gasteiger partial charge in [0.15, 0.2) is 11.0 Å². The normalized spacial score (nSPS) is 18.7. The van der Waals surface area contributed by atoms with Gasteiger partial charge < -0.3 is 4.90 Å². The summed E-state index contributed by atoms with van der Waals surface area (Å²) < 4.78 is 2.05. The largest absolute Gasteiger partial charge is 0.337 e. The van der Waals surface area contributed by atoms with Gasteiger partial charge in [-0.3, -0.25) is 9.36 Å². The molecule has 0 N–H and O–H groups in total. The summed E-state index contributed by atoms with van der Waals surface area (Å²) in [6.07, 6.45) is 3.32. The van der Waals surface area contributed by atoms with Crippen LogP contribution in [0.4, 0.5) is 0 Å². The lowest BCUT2D eigenvalue weighted by atomic mass is 9.98. The fourth-order valence-corrected chi connectivity index (χ4v) is 5.47. The van der Waals surface area contributed by atoms with E-state index in [2.05, 4.69) is 60.7 Å². The number of likely N-dealkylation sites (tertiary alicyclic amines) is 1. The Hall–Kier alpha value is -2.31. The molecule has 2 atom stereocenters. The minimum atomic E-state index is 0.162. The van der Waals surface area contributed by atoms with Gasteiger partial charge in [0.05, 0.1) is 11.4 Å². The smallest absolute Gasteiger partial charge is 0.233 e. The monoisotopic (exact) mass is 468 g/mol. The number of rotatable bonds is 5. The van der Waals surface area contributed by atoms with Crippen LogP contribution in [0.2, 0.25) is 5.02 Å². The van der Waals surface area contributed by atoms with Gasteiger partial charge >= 0.3 is 0 Å². The van der Waals surface area contributed by atoms with E-state index in [1.54, 1.807) is 0 Å². The van der Waals surface area contributed by atoms with Crippen molar-refractivity contribution in [3.05, 3.63) is 58.6 Å². The predicted octanol–water partition coefficient (Wildman–Crippen LogP) is 6.09. The van der Waals surface area contributed by atoms with E-state index in [1.807, 2.05) is 29.2 Å². The Bertz CT molecular complexity index is 1120. The quantitative estimate of drug-likeness (QED) is 0.425. The highest BCUT2D eigenvalue weighted by molar-refractivity contribution is 7.99. The minimum absolute atomic E-state index is 0.162. The van der Waals surface area contributed by atoms with Crippen LogP contribution >= 0.6 is 23.4 Å². The summed E-state index contributed by atoms with van der Waals surface area (Å²) in [5.74, 6) is 1.22. The second-order valence-electron chi connectivity index (χ2n) is 8.66. The highest BCUT2D eigenvalue weighted by Gasteiger charge is 2.29. The minimum Gasteiger partial charge on any atom is -0.337 e. The molecule has 2 unspecified atom stereocenters. The van der Waals surface area contributed by atoms with Crippen molar-refractivity contribution in [3.8, 4) is 17.1 Å². The molecule has 5 nitrogen and oxygen atoms in total. The maximum absolute atomic E-state index is 13.1.